The quantitative estimate of drug-likeness (QED) is 0.277. The molecule has 2 amide bonds. The van der Waals surface area contributed by atoms with Crippen LogP contribution < -0.4 is 14.8 Å². The Morgan fingerprint density at radius 2 is 1.59 bits per heavy atom. The van der Waals surface area contributed by atoms with E-state index < -0.39 is 0 Å². The number of benzene rings is 3. The summed E-state index contributed by atoms with van der Waals surface area (Å²) in [6, 6.07) is 13.8. The van der Waals surface area contributed by atoms with E-state index in [2.05, 4.69) is 10.3 Å². The Balaban J connectivity index is 1.27. The van der Waals surface area contributed by atoms with Crippen molar-refractivity contribution in [1.29, 1.82) is 0 Å². The van der Waals surface area contributed by atoms with Crippen LogP contribution in [0, 0.1) is 0 Å². The lowest BCUT2D eigenvalue weighted by Gasteiger charge is -2.28. The number of halogens is 2. The van der Waals surface area contributed by atoms with Gasteiger partial charge in [-0.25, -0.2) is 9.97 Å². The van der Waals surface area contributed by atoms with Crippen LogP contribution in [0.4, 0.5) is 5.95 Å². The first-order valence-electron chi connectivity index (χ1n) is 12.5. The summed E-state index contributed by atoms with van der Waals surface area (Å²) in [6.07, 6.45) is 4.14. The van der Waals surface area contributed by atoms with Gasteiger partial charge in [-0.15, -0.1) is 0 Å². The Morgan fingerprint density at radius 3 is 2.23 bits per heavy atom. The number of anilines is 1. The number of rotatable bonds is 6. The highest BCUT2D eigenvalue weighted by atomic mass is 35.5. The van der Waals surface area contributed by atoms with Crippen LogP contribution in [0.2, 0.25) is 10.0 Å². The summed E-state index contributed by atoms with van der Waals surface area (Å²) in [5.41, 5.74) is 2.99. The number of amides is 2. The van der Waals surface area contributed by atoms with Crippen molar-refractivity contribution in [3.63, 3.8) is 0 Å². The third kappa shape index (κ3) is 4.24. The molecule has 2 aliphatic rings. The second-order valence-corrected chi connectivity index (χ2v) is 10.3. The molecule has 2 unspecified atom stereocenters. The molecule has 1 aliphatic heterocycles. The monoisotopic (exact) mass is 562 g/mol. The maximum Gasteiger partial charge on any atom is 0.261 e. The first-order valence-corrected chi connectivity index (χ1v) is 13.3. The molecular formula is C29H24Cl2N4O4. The normalized spacial score (nSPS) is 18.5. The number of nitrogens with one attached hydrogen (secondary N) is 1. The number of hydrogen-bond acceptors (Lipinski definition) is 7. The van der Waals surface area contributed by atoms with Gasteiger partial charge in [0.1, 0.15) is 11.5 Å². The fourth-order valence-electron chi connectivity index (χ4n) is 5.49. The van der Waals surface area contributed by atoms with Gasteiger partial charge in [0.05, 0.1) is 53.0 Å². The SMILES string of the molecule is COc1cc(OC)c(Cl)c(-c2ccc3nc(NC4CCCC4N4C(=O)c5ccccc5C4=O)ncc3c2)c1Cl. The first-order chi connectivity index (χ1) is 18.9. The van der Waals surface area contributed by atoms with E-state index in [0.717, 1.165) is 30.2 Å². The minimum Gasteiger partial charge on any atom is -0.495 e. The minimum atomic E-state index is -0.272. The van der Waals surface area contributed by atoms with E-state index in [-0.39, 0.29) is 23.9 Å². The van der Waals surface area contributed by atoms with E-state index in [0.29, 0.717) is 49.7 Å². The van der Waals surface area contributed by atoms with Crippen molar-refractivity contribution < 1.29 is 19.1 Å². The standard InChI is InChI=1S/C29H24Cl2N4O4/c1-38-22-13-23(39-2)26(31)24(25(22)30)15-10-11-19-16(12-15)14-32-29(33-19)34-20-8-5-9-21(20)35-27(36)17-6-3-4-7-18(17)28(35)37/h3-4,6-7,10-14,20-21H,5,8-9H2,1-2H3,(H,32,33,34). The molecule has 2 heterocycles. The lowest BCUT2D eigenvalue weighted by Crippen LogP contribution is -2.47. The zero-order valence-corrected chi connectivity index (χ0v) is 22.7. The zero-order chi connectivity index (χ0) is 27.3. The molecule has 4 aromatic rings. The minimum absolute atomic E-state index is 0.147. The van der Waals surface area contributed by atoms with Gasteiger partial charge in [-0.1, -0.05) is 41.4 Å². The summed E-state index contributed by atoms with van der Waals surface area (Å²) in [5.74, 6) is 0.851. The number of carbonyl (C=O) groups is 2. The number of imide groups is 1. The summed E-state index contributed by atoms with van der Waals surface area (Å²) < 4.78 is 10.8. The van der Waals surface area contributed by atoms with Crippen LogP contribution in [-0.4, -0.2) is 53.0 Å². The Bertz CT molecular complexity index is 1580. The summed E-state index contributed by atoms with van der Waals surface area (Å²) >= 11 is 13.2. The molecule has 2 atom stereocenters. The van der Waals surface area contributed by atoms with Gasteiger partial charge in [0.25, 0.3) is 11.8 Å². The predicted octanol–water partition coefficient (Wildman–Crippen LogP) is 6.25. The van der Waals surface area contributed by atoms with Crippen LogP contribution >= 0.6 is 23.2 Å². The summed E-state index contributed by atoms with van der Waals surface area (Å²) in [4.78, 5) is 36.7. The number of hydrogen-bond donors (Lipinski definition) is 1. The Kier molecular flexibility index (Phi) is 6.53. The molecule has 1 N–H and O–H groups in total. The lowest BCUT2D eigenvalue weighted by molar-refractivity contribution is 0.0579. The molecule has 8 nitrogen and oxygen atoms in total. The zero-order valence-electron chi connectivity index (χ0n) is 21.2. The molecule has 0 spiro atoms. The highest BCUT2D eigenvalue weighted by molar-refractivity contribution is 6.41. The van der Waals surface area contributed by atoms with Gasteiger partial charge in [0.15, 0.2) is 0 Å². The molecule has 1 fully saturated rings. The van der Waals surface area contributed by atoms with Gasteiger partial charge in [0, 0.05) is 23.2 Å². The highest BCUT2D eigenvalue weighted by Gasteiger charge is 2.44. The molecule has 1 saturated carbocycles. The van der Waals surface area contributed by atoms with Crippen molar-refractivity contribution >= 4 is 51.9 Å². The summed E-state index contributed by atoms with van der Waals surface area (Å²) in [5, 5.41) is 4.92. The predicted molar refractivity (Wildman–Crippen MR) is 150 cm³/mol. The van der Waals surface area contributed by atoms with Crippen molar-refractivity contribution in [3.05, 3.63) is 75.9 Å². The number of nitrogens with zero attached hydrogens (tertiary/aromatic N) is 3. The van der Waals surface area contributed by atoms with Gasteiger partial charge in [0.2, 0.25) is 5.95 Å². The van der Waals surface area contributed by atoms with Crippen LogP contribution in [0.25, 0.3) is 22.0 Å². The topological polar surface area (TPSA) is 93.7 Å². The van der Waals surface area contributed by atoms with Gasteiger partial charge >= 0.3 is 0 Å². The molecule has 0 saturated heterocycles. The number of aromatic nitrogens is 2. The molecule has 6 rings (SSSR count). The molecule has 10 heteroatoms. The molecule has 0 radical (unpaired) electrons. The number of methoxy groups -OCH3 is 2. The van der Waals surface area contributed by atoms with E-state index in [1.165, 1.54) is 19.1 Å². The van der Waals surface area contributed by atoms with Crippen molar-refractivity contribution in [3.8, 4) is 22.6 Å². The highest BCUT2D eigenvalue weighted by Crippen LogP contribution is 2.46. The second kappa shape index (κ2) is 10.0. The van der Waals surface area contributed by atoms with Crippen molar-refractivity contribution in [1.82, 2.24) is 14.9 Å². The van der Waals surface area contributed by atoms with E-state index in [4.69, 9.17) is 37.7 Å². The van der Waals surface area contributed by atoms with E-state index in [1.807, 2.05) is 18.2 Å². The van der Waals surface area contributed by atoms with Gasteiger partial charge < -0.3 is 14.8 Å². The molecule has 1 aliphatic carbocycles. The number of ether oxygens (including phenoxy) is 2. The first kappa shape index (κ1) is 25.4. The Morgan fingerprint density at radius 1 is 0.923 bits per heavy atom. The maximum absolute atomic E-state index is 13.1. The van der Waals surface area contributed by atoms with E-state index in [9.17, 15) is 9.59 Å². The maximum atomic E-state index is 13.1. The smallest absolute Gasteiger partial charge is 0.261 e. The summed E-state index contributed by atoms with van der Waals surface area (Å²) in [6.45, 7) is 0. The fourth-order valence-corrected chi connectivity index (χ4v) is 6.21. The van der Waals surface area contributed by atoms with Gasteiger partial charge in [-0.3, -0.25) is 14.5 Å². The van der Waals surface area contributed by atoms with Crippen LogP contribution in [0.15, 0.2) is 54.7 Å². The second-order valence-electron chi connectivity index (χ2n) is 9.53. The third-order valence-electron chi connectivity index (χ3n) is 7.39. The van der Waals surface area contributed by atoms with Crippen LogP contribution in [0.1, 0.15) is 40.0 Å². The molecule has 0 bridgehead atoms. The molecular weight excluding hydrogens is 539 g/mol. The summed E-state index contributed by atoms with van der Waals surface area (Å²) in [7, 11) is 3.06. The van der Waals surface area contributed by atoms with Crippen molar-refractivity contribution in [2.75, 3.05) is 19.5 Å². The third-order valence-corrected chi connectivity index (χ3v) is 8.14. The number of fused-ring (bicyclic) bond motifs is 2. The van der Waals surface area contributed by atoms with E-state index >= 15 is 0 Å². The lowest BCUT2D eigenvalue weighted by atomic mass is 10.0. The van der Waals surface area contributed by atoms with Gasteiger partial charge in [-0.2, -0.15) is 0 Å². The van der Waals surface area contributed by atoms with Crippen molar-refractivity contribution in [2.45, 2.75) is 31.3 Å². The van der Waals surface area contributed by atoms with Crippen LogP contribution in [0.5, 0.6) is 11.5 Å². The average Bonchev–Trinajstić information content (AvgIpc) is 3.50. The van der Waals surface area contributed by atoms with Crippen LogP contribution in [-0.2, 0) is 0 Å². The Hall–Kier alpha value is -3.88. The van der Waals surface area contributed by atoms with E-state index in [1.54, 1.807) is 36.5 Å². The van der Waals surface area contributed by atoms with Gasteiger partial charge in [-0.05, 0) is 49.1 Å². The molecule has 39 heavy (non-hydrogen) atoms. The average molecular weight is 563 g/mol. The largest absolute Gasteiger partial charge is 0.495 e. The molecule has 3 aromatic carbocycles. The van der Waals surface area contributed by atoms with Crippen LogP contribution in [0.3, 0.4) is 0 Å². The molecule has 1 aromatic heterocycles. The fraction of sp³-hybridized carbons (Fsp3) is 0.241. The Labute approximate surface area is 234 Å². The van der Waals surface area contributed by atoms with Crippen molar-refractivity contribution in [2.24, 2.45) is 0 Å². The number of carbonyl (C=O) groups excluding carboxylic acids is 2. The molecule has 198 valence electrons.